The van der Waals surface area contributed by atoms with Crippen molar-refractivity contribution in [3.8, 4) is 11.5 Å². The molecule has 108 valence electrons. The van der Waals surface area contributed by atoms with Gasteiger partial charge in [-0.2, -0.15) is 0 Å². The quantitative estimate of drug-likeness (QED) is 0.505. The molecule has 0 spiro atoms. The second-order valence-corrected chi connectivity index (χ2v) is 7.18. The Bertz CT molecular complexity index is 892. The molecular weight excluding hydrogens is 312 g/mol. The number of nitrogens with zero attached hydrogens (tertiary/aromatic N) is 2. The maximum atomic E-state index is 5.83. The number of aryl methyl sites for hydroxylation is 1. The lowest BCUT2D eigenvalue weighted by molar-refractivity contribution is 0.484. The molecule has 0 atom stereocenters. The van der Waals surface area contributed by atoms with Gasteiger partial charge in [-0.1, -0.05) is 29.8 Å². The molecule has 0 radical (unpaired) electrons. The smallest absolute Gasteiger partial charge is 0.227 e. The minimum atomic E-state index is 0.642. The minimum absolute atomic E-state index is 0.642. The molecule has 0 aliphatic rings. The topological polar surface area (TPSA) is 38.9 Å². The molecule has 0 aliphatic heterocycles. The first kappa shape index (κ1) is 13.5. The molecule has 0 unspecified atom stereocenters. The van der Waals surface area contributed by atoms with Crippen LogP contribution in [0.3, 0.4) is 0 Å². The number of rotatable bonds is 3. The van der Waals surface area contributed by atoms with Gasteiger partial charge in [-0.3, -0.25) is 0 Å². The first-order chi connectivity index (χ1) is 10.8. The number of oxazole rings is 1. The van der Waals surface area contributed by atoms with E-state index in [1.165, 1.54) is 22.0 Å². The average Bonchev–Trinajstić information content (AvgIpc) is 3.14. The van der Waals surface area contributed by atoms with Gasteiger partial charge >= 0.3 is 0 Å². The zero-order valence-electron chi connectivity index (χ0n) is 11.8. The Hall–Kier alpha value is -2.11. The van der Waals surface area contributed by atoms with Gasteiger partial charge < -0.3 is 4.42 Å². The fraction of sp³-hybridized carbons (Fsp3) is 0.0588. The van der Waals surface area contributed by atoms with Crippen LogP contribution in [-0.2, 0) is 0 Å². The van der Waals surface area contributed by atoms with Crippen molar-refractivity contribution in [3.63, 3.8) is 0 Å². The van der Waals surface area contributed by atoms with Gasteiger partial charge in [0, 0.05) is 5.56 Å². The van der Waals surface area contributed by atoms with Crippen LogP contribution in [0.4, 0.5) is 0 Å². The van der Waals surface area contributed by atoms with E-state index in [9.17, 15) is 0 Å². The molecule has 0 N–H and O–H groups in total. The maximum absolute atomic E-state index is 5.83. The molecule has 0 saturated carbocycles. The molecule has 0 bridgehead atoms. The lowest BCUT2D eigenvalue weighted by atomic mass is 10.1. The van der Waals surface area contributed by atoms with Crippen LogP contribution < -0.4 is 0 Å². The van der Waals surface area contributed by atoms with Crippen LogP contribution in [0.1, 0.15) is 5.56 Å². The SMILES string of the molecule is Cc1ccc(-c2ncc(Sc3nc4ccccc4s3)o2)cc1. The Morgan fingerprint density at radius 2 is 1.86 bits per heavy atom. The van der Waals surface area contributed by atoms with Crippen LogP contribution >= 0.6 is 23.1 Å². The fourth-order valence-electron chi connectivity index (χ4n) is 2.12. The number of hydrogen-bond donors (Lipinski definition) is 0. The van der Waals surface area contributed by atoms with Crippen molar-refractivity contribution in [2.45, 2.75) is 16.4 Å². The molecule has 3 nitrogen and oxygen atoms in total. The normalized spacial score (nSPS) is 11.1. The summed E-state index contributed by atoms with van der Waals surface area (Å²) in [5, 5.41) is 0.759. The largest absolute Gasteiger partial charge is 0.429 e. The van der Waals surface area contributed by atoms with Gasteiger partial charge in [-0.25, -0.2) is 9.97 Å². The Morgan fingerprint density at radius 3 is 2.68 bits per heavy atom. The van der Waals surface area contributed by atoms with Crippen LogP contribution in [0.5, 0.6) is 0 Å². The van der Waals surface area contributed by atoms with E-state index >= 15 is 0 Å². The Balaban J connectivity index is 1.60. The van der Waals surface area contributed by atoms with Crippen molar-refractivity contribution in [1.29, 1.82) is 0 Å². The van der Waals surface area contributed by atoms with Gasteiger partial charge in [0.25, 0.3) is 0 Å². The molecule has 2 aromatic heterocycles. The number of aromatic nitrogens is 2. The Labute approximate surface area is 136 Å². The first-order valence-electron chi connectivity index (χ1n) is 6.84. The van der Waals surface area contributed by atoms with Gasteiger partial charge in [0.2, 0.25) is 5.89 Å². The summed E-state index contributed by atoms with van der Waals surface area (Å²) in [5.41, 5.74) is 3.23. The summed E-state index contributed by atoms with van der Waals surface area (Å²) in [6.45, 7) is 2.06. The summed E-state index contributed by atoms with van der Waals surface area (Å²) < 4.78 is 7.98. The summed E-state index contributed by atoms with van der Waals surface area (Å²) in [6, 6.07) is 16.3. The van der Waals surface area contributed by atoms with E-state index in [1.54, 1.807) is 17.5 Å². The van der Waals surface area contributed by atoms with Crippen LogP contribution in [0.15, 0.2) is 68.6 Å². The van der Waals surface area contributed by atoms with E-state index in [1.807, 2.05) is 30.3 Å². The van der Waals surface area contributed by atoms with E-state index in [0.717, 1.165) is 20.5 Å². The standard InChI is InChI=1S/C17H12N2OS2/c1-11-6-8-12(9-7-11)16-18-10-15(20-16)22-17-19-13-4-2-3-5-14(13)21-17/h2-10H,1H3. The second-order valence-electron chi connectivity index (χ2n) is 4.90. The molecular formula is C17H12N2OS2. The highest BCUT2D eigenvalue weighted by Crippen LogP contribution is 2.35. The minimum Gasteiger partial charge on any atom is -0.429 e. The molecule has 2 aromatic carbocycles. The Morgan fingerprint density at radius 1 is 1.05 bits per heavy atom. The fourth-order valence-corrected chi connectivity index (χ4v) is 4.04. The van der Waals surface area contributed by atoms with E-state index in [0.29, 0.717) is 5.89 Å². The van der Waals surface area contributed by atoms with E-state index in [2.05, 4.69) is 35.1 Å². The number of thiazole rings is 1. The highest BCUT2D eigenvalue weighted by Gasteiger charge is 2.11. The van der Waals surface area contributed by atoms with E-state index in [-0.39, 0.29) is 0 Å². The second kappa shape index (κ2) is 5.59. The average molecular weight is 324 g/mol. The van der Waals surface area contributed by atoms with Gasteiger partial charge in [-0.15, -0.1) is 11.3 Å². The molecule has 22 heavy (non-hydrogen) atoms. The molecule has 0 amide bonds. The highest BCUT2D eigenvalue weighted by molar-refractivity contribution is 8.01. The summed E-state index contributed by atoms with van der Waals surface area (Å²) in [6.07, 6.45) is 1.76. The third-order valence-electron chi connectivity index (χ3n) is 3.25. The summed E-state index contributed by atoms with van der Waals surface area (Å²) in [5.74, 6) is 0.642. The third-order valence-corrected chi connectivity index (χ3v) is 5.23. The summed E-state index contributed by atoms with van der Waals surface area (Å²) >= 11 is 3.17. The van der Waals surface area contributed by atoms with Crippen LogP contribution in [0.25, 0.3) is 21.7 Å². The summed E-state index contributed by atoms with van der Waals surface area (Å²) in [7, 11) is 0. The number of fused-ring (bicyclic) bond motifs is 1. The lowest BCUT2D eigenvalue weighted by Crippen LogP contribution is -1.76. The maximum Gasteiger partial charge on any atom is 0.227 e. The monoisotopic (exact) mass is 324 g/mol. The van der Waals surface area contributed by atoms with Gasteiger partial charge in [-0.05, 0) is 43.0 Å². The predicted molar refractivity (Wildman–Crippen MR) is 90.4 cm³/mol. The van der Waals surface area contributed by atoms with E-state index < -0.39 is 0 Å². The van der Waals surface area contributed by atoms with Crippen molar-refractivity contribution in [3.05, 3.63) is 60.3 Å². The van der Waals surface area contributed by atoms with Crippen molar-refractivity contribution < 1.29 is 4.42 Å². The molecule has 2 heterocycles. The van der Waals surface area contributed by atoms with Crippen molar-refractivity contribution in [2.75, 3.05) is 0 Å². The zero-order chi connectivity index (χ0) is 14.9. The van der Waals surface area contributed by atoms with Crippen LogP contribution in [0, 0.1) is 6.92 Å². The van der Waals surface area contributed by atoms with Crippen molar-refractivity contribution in [2.24, 2.45) is 0 Å². The highest BCUT2D eigenvalue weighted by atomic mass is 32.2. The molecule has 4 rings (SSSR count). The first-order valence-corrected chi connectivity index (χ1v) is 8.47. The molecule has 0 aliphatic carbocycles. The van der Waals surface area contributed by atoms with E-state index in [4.69, 9.17) is 4.42 Å². The van der Waals surface area contributed by atoms with Crippen molar-refractivity contribution >= 4 is 33.3 Å². The number of hydrogen-bond acceptors (Lipinski definition) is 5. The lowest BCUT2D eigenvalue weighted by Gasteiger charge is -1.96. The molecule has 0 saturated heterocycles. The third kappa shape index (κ3) is 2.65. The predicted octanol–water partition coefficient (Wildman–Crippen LogP) is 5.41. The van der Waals surface area contributed by atoms with Gasteiger partial charge in [0.15, 0.2) is 9.43 Å². The zero-order valence-corrected chi connectivity index (χ0v) is 13.4. The van der Waals surface area contributed by atoms with Crippen molar-refractivity contribution in [1.82, 2.24) is 9.97 Å². The summed E-state index contributed by atoms with van der Waals surface area (Å²) in [4.78, 5) is 8.95. The number of para-hydroxylation sites is 1. The Kier molecular flexibility index (Phi) is 3.44. The molecule has 5 heteroatoms. The van der Waals surface area contributed by atoms with Crippen LogP contribution in [-0.4, -0.2) is 9.97 Å². The van der Waals surface area contributed by atoms with Gasteiger partial charge in [0.1, 0.15) is 0 Å². The molecule has 4 aromatic rings. The molecule has 0 fully saturated rings. The van der Waals surface area contributed by atoms with Gasteiger partial charge in [0.05, 0.1) is 16.4 Å². The van der Waals surface area contributed by atoms with Crippen LogP contribution in [0.2, 0.25) is 0 Å². The number of benzene rings is 2.